The molecule has 0 aliphatic carbocycles. The molecule has 0 saturated carbocycles. The summed E-state index contributed by atoms with van der Waals surface area (Å²) in [6.45, 7) is 0. The molecule has 0 fully saturated rings. The van der Waals surface area contributed by atoms with Crippen LogP contribution in [-0.2, 0) is 4.74 Å². The number of pyridine rings is 1. The van der Waals surface area contributed by atoms with Gasteiger partial charge in [-0.3, -0.25) is 0 Å². The van der Waals surface area contributed by atoms with Crippen molar-refractivity contribution in [2.75, 3.05) is 0 Å². The van der Waals surface area contributed by atoms with Crippen LogP contribution >= 0.6 is 0 Å². The topological polar surface area (TPSA) is 56.3 Å². The highest BCUT2D eigenvalue weighted by molar-refractivity contribution is 6.13. The van der Waals surface area contributed by atoms with Crippen molar-refractivity contribution in [3.05, 3.63) is 29.3 Å². The van der Waals surface area contributed by atoms with E-state index in [9.17, 15) is 14.0 Å². The van der Waals surface area contributed by atoms with Gasteiger partial charge < -0.3 is 4.74 Å². The summed E-state index contributed by atoms with van der Waals surface area (Å²) < 4.78 is 17.0. The largest absolute Gasteiger partial charge is 0.384 e. The number of carbonyl (C=O) groups is 2. The van der Waals surface area contributed by atoms with Gasteiger partial charge in [-0.1, -0.05) is 0 Å². The van der Waals surface area contributed by atoms with Crippen LogP contribution in [0.3, 0.4) is 0 Å². The van der Waals surface area contributed by atoms with Crippen molar-refractivity contribution in [3.8, 4) is 0 Å². The van der Waals surface area contributed by atoms with Gasteiger partial charge in [-0.15, -0.1) is 0 Å². The number of hydrogen-bond acceptors (Lipinski definition) is 4. The van der Waals surface area contributed by atoms with Gasteiger partial charge in [0.2, 0.25) is 0 Å². The van der Waals surface area contributed by atoms with Gasteiger partial charge in [0, 0.05) is 6.20 Å². The molecule has 0 atom stereocenters. The summed E-state index contributed by atoms with van der Waals surface area (Å²) in [6.07, 6.45) is 1.11. The van der Waals surface area contributed by atoms with Crippen LogP contribution in [-0.4, -0.2) is 16.9 Å². The molecule has 0 spiro atoms. The molecular formula is C7H2FNO3. The Kier molecular flexibility index (Phi) is 1.21. The van der Waals surface area contributed by atoms with Gasteiger partial charge in [0.25, 0.3) is 0 Å². The first-order valence-corrected chi connectivity index (χ1v) is 3.11. The van der Waals surface area contributed by atoms with E-state index in [0.29, 0.717) is 0 Å². The summed E-state index contributed by atoms with van der Waals surface area (Å²) in [5.41, 5.74) is -0.623. The Morgan fingerprint density at radius 2 is 2.08 bits per heavy atom. The zero-order valence-corrected chi connectivity index (χ0v) is 5.70. The molecular weight excluding hydrogens is 165 g/mol. The number of aromatic nitrogens is 1. The molecule has 0 unspecified atom stereocenters. The molecule has 0 aromatic carbocycles. The van der Waals surface area contributed by atoms with Crippen molar-refractivity contribution in [2.24, 2.45) is 0 Å². The zero-order chi connectivity index (χ0) is 8.72. The van der Waals surface area contributed by atoms with Crippen molar-refractivity contribution >= 4 is 11.9 Å². The lowest BCUT2D eigenvalue weighted by atomic mass is 10.2. The first-order chi connectivity index (χ1) is 5.70. The third-order valence-corrected chi connectivity index (χ3v) is 1.48. The normalized spacial score (nSPS) is 14.4. The second-order valence-electron chi connectivity index (χ2n) is 2.19. The lowest BCUT2D eigenvalue weighted by Gasteiger charge is -1.90. The fourth-order valence-corrected chi connectivity index (χ4v) is 0.971. The number of rotatable bonds is 0. The molecule has 12 heavy (non-hydrogen) atoms. The van der Waals surface area contributed by atoms with Crippen LogP contribution in [0.2, 0.25) is 0 Å². The maximum atomic E-state index is 12.8. The summed E-state index contributed by atoms with van der Waals surface area (Å²) in [6, 6.07) is 0.999. The number of halogens is 1. The number of cyclic esters (lactones) is 2. The highest BCUT2D eigenvalue weighted by Gasteiger charge is 2.33. The van der Waals surface area contributed by atoms with Crippen LogP contribution < -0.4 is 0 Å². The lowest BCUT2D eigenvalue weighted by Crippen LogP contribution is -1.98. The Hall–Kier alpha value is -1.78. The molecule has 1 aliphatic rings. The molecule has 2 rings (SSSR count). The Bertz CT molecular complexity index is 388. The maximum absolute atomic E-state index is 12.8. The molecule has 4 nitrogen and oxygen atoms in total. The highest BCUT2D eigenvalue weighted by Crippen LogP contribution is 2.19. The van der Waals surface area contributed by atoms with E-state index in [1.165, 1.54) is 0 Å². The molecule has 0 saturated heterocycles. The quantitative estimate of drug-likeness (QED) is 0.417. The van der Waals surface area contributed by atoms with Crippen molar-refractivity contribution < 1.29 is 18.7 Å². The standard InChI is InChI=1S/C7H2FNO3/c8-3-1-2-9-5-4(3)6(10)12-7(5)11/h1-2H. The monoisotopic (exact) mass is 167 g/mol. The molecule has 60 valence electrons. The van der Waals surface area contributed by atoms with E-state index >= 15 is 0 Å². The lowest BCUT2D eigenvalue weighted by molar-refractivity contribution is 0.0440. The zero-order valence-electron chi connectivity index (χ0n) is 5.70. The number of esters is 2. The Balaban J connectivity index is 2.75. The molecule has 0 bridgehead atoms. The van der Waals surface area contributed by atoms with E-state index < -0.39 is 17.8 Å². The van der Waals surface area contributed by atoms with Gasteiger partial charge in [0.05, 0.1) is 0 Å². The van der Waals surface area contributed by atoms with Gasteiger partial charge in [0.15, 0.2) is 5.69 Å². The maximum Gasteiger partial charge on any atom is 0.365 e. The third-order valence-electron chi connectivity index (χ3n) is 1.48. The van der Waals surface area contributed by atoms with Crippen molar-refractivity contribution in [1.82, 2.24) is 4.98 Å². The molecule has 0 N–H and O–H groups in total. The highest BCUT2D eigenvalue weighted by atomic mass is 19.1. The van der Waals surface area contributed by atoms with Crippen LogP contribution in [0.15, 0.2) is 12.3 Å². The smallest absolute Gasteiger partial charge is 0.365 e. The van der Waals surface area contributed by atoms with E-state index in [4.69, 9.17) is 0 Å². The number of hydrogen-bond donors (Lipinski definition) is 0. The van der Waals surface area contributed by atoms with E-state index in [1.54, 1.807) is 0 Å². The van der Waals surface area contributed by atoms with Crippen LogP contribution in [0, 0.1) is 5.82 Å². The fourth-order valence-electron chi connectivity index (χ4n) is 0.971. The van der Waals surface area contributed by atoms with E-state index in [2.05, 4.69) is 9.72 Å². The SMILES string of the molecule is O=C1OC(=O)c2c(F)ccnc21. The summed E-state index contributed by atoms with van der Waals surface area (Å²) in [4.78, 5) is 25.0. The molecule has 1 aliphatic heterocycles. The Labute approximate surface area is 66.0 Å². The number of nitrogens with zero attached hydrogens (tertiary/aromatic N) is 1. The van der Waals surface area contributed by atoms with Crippen LogP contribution in [0.1, 0.15) is 20.8 Å². The van der Waals surface area contributed by atoms with E-state index in [0.717, 1.165) is 12.3 Å². The predicted octanol–water partition coefficient (Wildman–Crippen LogP) is 0.531. The number of fused-ring (bicyclic) bond motifs is 1. The first kappa shape index (κ1) is 6.90. The minimum Gasteiger partial charge on any atom is -0.384 e. The Morgan fingerprint density at radius 1 is 1.33 bits per heavy atom. The summed E-state index contributed by atoms with van der Waals surface area (Å²) >= 11 is 0. The molecule has 0 radical (unpaired) electrons. The van der Waals surface area contributed by atoms with Crippen molar-refractivity contribution in [2.45, 2.75) is 0 Å². The summed E-state index contributed by atoms with van der Waals surface area (Å²) in [7, 11) is 0. The molecule has 2 heterocycles. The second-order valence-corrected chi connectivity index (χ2v) is 2.19. The second kappa shape index (κ2) is 2.10. The average molecular weight is 167 g/mol. The van der Waals surface area contributed by atoms with Gasteiger partial charge in [0.1, 0.15) is 11.4 Å². The summed E-state index contributed by atoms with van der Waals surface area (Å²) in [5.74, 6) is -2.65. The molecule has 5 heteroatoms. The van der Waals surface area contributed by atoms with Gasteiger partial charge in [-0.05, 0) is 6.07 Å². The summed E-state index contributed by atoms with van der Waals surface area (Å²) in [5, 5.41) is 0. The van der Waals surface area contributed by atoms with Crippen molar-refractivity contribution in [1.29, 1.82) is 0 Å². The van der Waals surface area contributed by atoms with Gasteiger partial charge in [-0.25, -0.2) is 19.0 Å². The van der Waals surface area contributed by atoms with Crippen LogP contribution in [0.5, 0.6) is 0 Å². The Morgan fingerprint density at radius 3 is 2.75 bits per heavy atom. The molecule has 1 aromatic heterocycles. The minimum atomic E-state index is -0.972. The third kappa shape index (κ3) is 0.730. The average Bonchev–Trinajstić information content (AvgIpc) is 2.29. The minimum absolute atomic E-state index is 0.250. The first-order valence-electron chi connectivity index (χ1n) is 3.11. The van der Waals surface area contributed by atoms with Gasteiger partial charge in [-0.2, -0.15) is 0 Å². The van der Waals surface area contributed by atoms with E-state index in [-0.39, 0.29) is 11.3 Å². The predicted molar refractivity (Wildman–Crippen MR) is 33.9 cm³/mol. The van der Waals surface area contributed by atoms with E-state index in [1.807, 2.05) is 0 Å². The van der Waals surface area contributed by atoms with Crippen LogP contribution in [0.4, 0.5) is 4.39 Å². The number of carbonyl (C=O) groups excluding carboxylic acids is 2. The number of ether oxygens (including phenoxy) is 1. The van der Waals surface area contributed by atoms with Crippen molar-refractivity contribution in [3.63, 3.8) is 0 Å². The molecule has 1 aromatic rings. The molecule has 0 amide bonds. The van der Waals surface area contributed by atoms with Gasteiger partial charge >= 0.3 is 11.9 Å². The van der Waals surface area contributed by atoms with Crippen LogP contribution in [0.25, 0.3) is 0 Å². The fraction of sp³-hybridized carbons (Fsp3) is 0.